The van der Waals surface area contributed by atoms with Gasteiger partial charge < -0.3 is 10.2 Å². The number of hydrogen-bond donors (Lipinski definition) is 1. The maximum absolute atomic E-state index is 13.3. The Morgan fingerprint density at radius 1 is 1.03 bits per heavy atom. The van der Waals surface area contributed by atoms with Crippen molar-refractivity contribution in [2.24, 2.45) is 0 Å². The van der Waals surface area contributed by atoms with Crippen molar-refractivity contribution in [1.82, 2.24) is 29.9 Å². The van der Waals surface area contributed by atoms with E-state index in [-0.39, 0.29) is 5.91 Å². The summed E-state index contributed by atoms with van der Waals surface area (Å²) in [6, 6.07) is 19.2. The van der Waals surface area contributed by atoms with Gasteiger partial charge in [-0.1, -0.05) is 54.1 Å². The molecule has 3 heterocycles. The van der Waals surface area contributed by atoms with Crippen LogP contribution in [0, 0.1) is 0 Å². The summed E-state index contributed by atoms with van der Waals surface area (Å²) < 4.78 is 1.70. The SMILES string of the molecule is CN1CCN(CCNC(=O)c2cc(-c3ccccc3)nc3c2cnn3-c2ccccc2Cl)CC1. The van der Waals surface area contributed by atoms with Crippen molar-refractivity contribution >= 4 is 28.5 Å². The number of likely N-dealkylation sites (N-methyl/N-ethyl adjacent to an activating group) is 1. The second-order valence-corrected chi connectivity index (χ2v) is 8.97. The molecule has 2 aromatic carbocycles. The van der Waals surface area contributed by atoms with E-state index in [0.29, 0.717) is 33.9 Å². The second-order valence-electron chi connectivity index (χ2n) is 8.57. The molecule has 4 aromatic rings. The number of carbonyl (C=O) groups excluding carboxylic acids is 1. The number of rotatable bonds is 6. The molecule has 7 nitrogen and oxygen atoms in total. The minimum absolute atomic E-state index is 0.127. The predicted octanol–water partition coefficient (Wildman–Crippen LogP) is 3.72. The summed E-state index contributed by atoms with van der Waals surface area (Å²) in [5, 5.41) is 8.90. The van der Waals surface area contributed by atoms with Crippen LogP contribution in [-0.4, -0.2) is 76.8 Å². The summed E-state index contributed by atoms with van der Waals surface area (Å²) in [5.74, 6) is -0.127. The molecule has 34 heavy (non-hydrogen) atoms. The fourth-order valence-electron chi connectivity index (χ4n) is 4.24. The quantitative estimate of drug-likeness (QED) is 0.461. The van der Waals surface area contributed by atoms with Gasteiger partial charge in [0.15, 0.2) is 5.65 Å². The lowest BCUT2D eigenvalue weighted by molar-refractivity contribution is 0.0942. The van der Waals surface area contributed by atoms with Crippen LogP contribution < -0.4 is 5.32 Å². The molecule has 5 rings (SSSR count). The van der Waals surface area contributed by atoms with Crippen molar-refractivity contribution in [2.45, 2.75) is 0 Å². The molecule has 1 saturated heterocycles. The van der Waals surface area contributed by atoms with Gasteiger partial charge in [-0.05, 0) is 25.2 Å². The standard InChI is InChI=1S/C26H27ClN6O/c1-31-13-15-32(16-14-31)12-11-28-26(34)20-17-23(19-7-3-2-4-8-19)30-25-21(20)18-29-33(25)24-10-6-5-9-22(24)27/h2-10,17-18H,11-16H2,1H3,(H,28,34). The van der Waals surface area contributed by atoms with Gasteiger partial charge in [0.2, 0.25) is 0 Å². The van der Waals surface area contributed by atoms with Crippen molar-refractivity contribution in [3.63, 3.8) is 0 Å². The van der Waals surface area contributed by atoms with Crippen LogP contribution in [0.3, 0.4) is 0 Å². The molecular formula is C26H27ClN6O. The molecule has 0 aliphatic carbocycles. The van der Waals surface area contributed by atoms with Crippen LogP contribution in [0.15, 0.2) is 66.9 Å². The Balaban J connectivity index is 1.48. The first kappa shape index (κ1) is 22.5. The van der Waals surface area contributed by atoms with Crippen LogP contribution in [0.5, 0.6) is 0 Å². The van der Waals surface area contributed by atoms with Crippen molar-refractivity contribution in [3.05, 3.63) is 77.4 Å². The van der Waals surface area contributed by atoms with E-state index in [4.69, 9.17) is 16.6 Å². The molecule has 0 atom stereocenters. The molecule has 174 valence electrons. The topological polar surface area (TPSA) is 66.3 Å². The fourth-order valence-corrected chi connectivity index (χ4v) is 4.45. The zero-order valence-corrected chi connectivity index (χ0v) is 19.9. The molecule has 0 bridgehead atoms. The van der Waals surface area contributed by atoms with Gasteiger partial charge in [-0.3, -0.25) is 9.69 Å². The van der Waals surface area contributed by atoms with E-state index < -0.39 is 0 Å². The molecule has 1 aliphatic rings. The monoisotopic (exact) mass is 474 g/mol. The van der Waals surface area contributed by atoms with E-state index in [1.165, 1.54) is 0 Å². The number of carbonyl (C=O) groups is 1. The molecule has 0 saturated carbocycles. The predicted molar refractivity (Wildman–Crippen MR) is 136 cm³/mol. The third-order valence-corrected chi connectivity index (χ3v) is 6.57. The van der Waals surface area contributed by atoms with E-state index >= 15 is 0 Å². The normalized spacial score (nSPS) is 15.0. The molecule has 1 fully saturated rings. The number of para-hydroxylation sites is 1. The summed E-state index contributed by atoms with van der Waals surface area (Å²) in [6.07, 6.45) is 1.69. The van der Waals surface area contributed by atoms with Crippen LogP contribution in [0.25, 0.3) is 28.0 Å². The number of pyridine rings is 1. The largest absolute Gasteiger partial charge is 0.351 e. The summed E-state index contributed by atoms with van der Waals surface area (Å²) in [6.45, 7) is 5.58. The molecule has 1 amide bonds. The van der Waals surface area contributed by atoms with E-state index in [0.717, 1.165) is 44.0 Å². The van der Waals surface area contributed by atoms with Crippen molar-refractivity contribution in [1.29, 1.82) is 0 Å². The molecule has 0 spiro atoms. The molecular weight excluding hydrogens is 448 g/mol. The minimum atomic E-state index is -0.127. The Morgan fingerprint density at radius 2 is 1.76 bits per heavy atom. The Morgan fingerprint density at radius 3 is 2.53 bits per heavy atom. The lowest BCUT2D eigenvalue weighted by atomic mass is 10.1. The number of nitrogens with zero attached hydrogens (tertiary/aromatic N) is 5. The number of amides is 1. The number of nitrogens with one attached hydrogen (secondary N) is 1. The van der Waals surface area contributed by atoms with Gasteiger partial charge in [-0.25, -0.2) is 9.67 Å². The molecule has 0 unspecified atom stereocenters. The van der Waals surface area contributed by atoms with Gasteiger partial charge in [-0.2, -0.15) is 5.10 Å². The van der Waals surface area contributed by atoms with Crippen LogP contribution >= 0.6 is 11.6 Å². The minimum Gasteiger partial charge on any atom is -0.351 e. The van der Waals surface area contributed by atoms with Gasteiger partial charge >= 0.3 is 0 Å². The molecule has 1 aliphatic heterocycles. The average Bonchev–Trinajstić information content (AvgIpc) is 3.29. The smallest absolute Gasteiger partial charge is 0.252 e. The van der Waals surface area contributed by atoms with Crippen LogP contribution in [0.4, 0.5) is 0 Å². The van der Waals surface area contributed by atoms with Crippen LogP contribution in [-0.2, 0) is 0 Å². The second kappa shape index (κ2) is 9.93. The number of fused-ring (bicyclic) bond motifs is 1. The van der Waals surface area contributed by atoms with Crippen molar-refractivity contribution in [3.8, 4) is 16.9 Å². The number of piperazine rings is 1. The van der Waals surface area contributed by atoms with Crippen molar-refractivity contribution < 1.29 is 4.79 Å². The third-order valence-electron chi connectivity index (χ3n) is 6.25. The van der Waals surface area contributed by atoms with Gasteiger partial charge in [0.25, 0.3) is 5.91 Å². The van der Waals surface area contributed by atoms with Crippen molar-refractivity contribution in [2.75, 3.05) is 46.3 Å². The summed E-state index contributed by atoms with van der Waals surface area (Å²) >= 11 is 6.45. The highest BCUT2D eigenvalue weighted by Gasteiger charge is 2.20. The van der Waals surface area contributed by atoms with Gasteiger partial charge in [0.05, 0.1) is 33.6 Å². The maximum Gasteiger partial charge on any atom is 0.252 e. The first-order valence-corrected chi connectivity index (χ1v) is 11.9. The van der Waals surface area contributed by atoms with Gasteiger partial charge in [0.1, 0.15) is 0 Å². The highest BCUT2D eigenvalue weighted by molar-refractivity contribution is 6.32. The first-order valence-electron chi connectivity index (χ1n) is 11.5. The number of hydrogen-bond acceptors (Lipinski definition) is 5. The van der Waals surface area contributed by atoms with Gasteiger partial charge in [0, 0.05) is 44.8 Å². The average molecular weight is 475 g/mol. The number of halogens is 1. The van der Waals surface area contributed by atoms with Gasteiger partial charge in [-0.15, -0.1) is 0 Å². The molecule has 0 radical (unpaired) electrons. The maximum atomic E-state index is 13.3. The molecule has 1 N–H and O–H groups in total. The molecule has 8 heteroatoms. The Hall–Kier alpha value is -3.26. The highest BCUT2D eigenvalue weighted by Crippen LogP contribution is 2.28. The Labute approximate surface area is 204 Å². The molecule has 2 aromatic heterocycles. The zero-order valence-electron chi connectivity index (χ0n) is 19.1. The summed E-state index contributed by atoms with van der Waals surface area (Å²) in [4.78, 5) is 22.9. The van der Waals surface area contributed by atoms with E-state index in [1.54, 1.807) is 10.9 Å². The third kappa shape index (κ3) is 4.68. The van der Waals surface area contributed by atoms with Crippen LogP contribution in [0.1, 0.15) is 10.4 Å². The summed E-state index contributed by atoms with van der Waals surface area (Å²) in [5.41, 5.74) is 3.52. The summed E-state index contributed by atoms with van der Waals surface area (Å²) in [7, 11) is 2.14. The number of benzene rings is 2. The van der Waals surface area contributed by atoms with E-state index in [1.807, 2.05) is 60.7 Å². The fraction of sp³-hybridized carbons (Fsp3) is 0.269. The van der Waals surface area contributed by atoms with E-state index in [9.17, 15) is 4.79 Å². The lowest BCUT2D eigenvalue weighted by Gasteiger charge is -2.32. The van der Waals surface area contributed by atoms with E-state index in [2.05, 4.69) is 27.3 Å². The first-order chi connectivity index (χ1) is 16.6. The Bertz CT molecular complexity index is 1300. The Kier molecular flexibility index (Phi) is 6.58. The lowest BCUT2D eigenvalue weighted by Crippen LogP contribution is -2.46. The zero-order chi connectivity index (χ0) is 23.5. The highest BCUT2D eigenvalue weighted by atomic mass is 35.5. The number of aromatic nitrogens is 3. The van der Waals surface area contributed by atoms with Crippen LogP contribution in [0.2, 0.25) is 5.02 Å².